The van der Waals surface area contributed by atoms with Crippen LogP contribution in [-0.4, -0.2) is 69.8 Å². The van der Waals surface area contributed by atoms with Gasteiger partial charge >= 0.3 is 0 Å². The van der Waals surface area contributed by atoms with Crippen LogP contribution in [0.1, 0.15) is 10.4 Å². The van der Waals surface area contributed by atoms with Crippen molar-refractivity contribution in [1.82, 2.24) is 8.87 Å². The van der Waals surface area contributed by atoms with Gasteiger partial charge in [0.1, 0.15) is 17.3 Å². The highest BCUT2D eigenvalue weighted by atomic mass is 32.2. The van der Waals surface area contributed by atoms with E-state index in [4.69, 9.17) is 14.2 Å². The third-order valence-electron chi connectivity index (χ3n) is 5.35. The van der Waals surface area contributed by atoms with Crippen molar-refractivity contribution in [2.75, 3.05) is 51.9 Å². The highest BCUT2D eigenvalue weighted by molar-refractivity contribution is 7.89. The topological polar surface area (TPSA) is 99.1 Å². The van der Waals surface area contributed by atoms with E-state index in [2.05, 4.69) is 5.32 Å². The van der Waals surface area contributed by atoms with Crippen LogP contribution in [-0.2, 0) is 19.5 Å². The monoisotopic (exact) mass is 485 g/mol. The van der Waals surface area contributed by atoms with Crippen LogP contribution in [0.15, 0.2) is 71.9 Å². The molecule has 3 aromatic rings. The Bertz CT molecular complexity index is 1220. The Kier molecular flexibility index (Phi) is 7.63. The molecule has 0 radical (unpaired) electrons. The lowest BCUT2D eigenvalue weighted by atomic mass is 10.1. The first-order chi connectivity index (χ1) is 16.5. The first-order valence-electron chi connectivity index (χ1n) is 10.9. The Morgan fingerprint density at radius 1 is 1.03 bits per heavy atom. The van der Waals surface area contributed by atoms with E-state index in [-0.39, 0.29) is 36.2 Å². The van der Waals surface area contributed by atoms with Crippen LogP contribution in [0, 0.1) is 0 Å². The van der Waals surface area contributed by atoms with Gasteiger partial charge in [0, 0.05) is 49.5 Å². The summed E-state index contributed by atoms with van der Waals surface area (Å²) in [5.74, 6) is -0.145. The zero-order valence-electron chi connectivity index (χ0n) is 18.8. The molecule has 0 bridgehead atoms. The molecule has 1 aromatic heterocycles. The maximum Gasteiger partial charge on any atom is 0.255 e. The largest absolute Gasteiger partial charge is 0.490 e. The summed E-state index contributed by atoms with van der Waals surface area (Å²) in [5.41, 5.74) is 1.64. The van der Waals surface area contributed by atoms with Crippen LogP contribution in [0.3, 0.4) is 0 Å². The second kappa shape index (κ2) is 10.8. The first kappa shape index (κ1) is 24.0. The number of hydrogen-bond donors (Lipinski definition) is 1. The van der Waals surface area contributed by atoms with Crippen LogP contribution in [0.4, 0.5) is 5.69 Å². The van der Waals surface area contributed by atoms with Gasteiger partial charge < -0.3 is 24.1 Å². The SMILES string of the molecule is COCCOc1ccc(NC(=O)c2cccc(-n3cccc3)c2)cc1S(=O)(=O)N1CCOCC1. The molecular formula is C24H27N3O6S. The van der Waals surface area contributed by atoms with Crippen molar-refractivity contribution in [1.29, 1.82) is 0 Å². The molecule has 0 aliphatic carbocycles. The fraction of sp³-hybridized carbons (Fsp3) is 0.292. The van der Waals surface area contributed by atoms with Gasteiger partial charge in [-0.2, -0.15) is 4.31 Å². The number of carbonyl (C=O) groups excluding carboxylic acids is 1. The van der Waals surface area contributed by atoms with E-state index in [1.54, 1.807) is 37.4 Å². The number of benzene rings is 2. The van der Waals surface area contributed by atoms with Crippen LogP contribution in [0.5, 0.6) is 5.75 Å². The van der Waals surface area contributed by atoms with Crippen molar-refractivity contribution in [3.63, 3.8) is 0 Å². The van der Waals surface area contributed by atoms with E-state index in [1.165, 1.54) is 10.4 Å². The summed E-state index contributed by atoms with van der Waals surface area (Å²) in [6.07, 6.45) is 3.78. The molecule has 0 spiro atoms. The second-order valence-electron chi connectivity index (χ2n) is 7.61. The minimum Gasteiger partial charge on any atom is -0.490 e. The Hall–Kier alpha value is -3.18. The molecule has 1 amide bonds. The molecule has 2 aromatic carbocycles. The maximum absolute atomic E-state index is 13.4. The van der Waals surface area contributed by atoms with Gasteiger partial charge in [-0.05, 0) is 48.5 Å². The third-order valence-corrected chi connectivity index (χ3v) is 7.27. The number of morpholine rings is 1. The Balaban J connectivity index is 1.60. The number of nitrogens with zero attached hydrogens (tertiary/aromatic N) is 2. The fourth-order valence-corrected chi connectivity index (χ4v) is 5.15. The summed E-state index contributed by atoms with van der Waals surface area (Å²) >= 11 is 0. The van der Waals surface area contributed by atoms with Crippen molar-refractivity contribution < 1.29 is 27.4 Å². The van der Waals surface area contributed by atoms with Gasteiger partial charge in [-0.25, -0.2) is 8.42 Å². The second-order valence-corrected chi connectivity index (χ2v) is 9.52. The lowest BCUT2D eigenvalue weighted by Crippen LogP contribution is -2.40. The fourth-order valence-electron chi connectivity index (χ4n) is 3.59. The van der Waals surface area contributed by atoms with Crippen LogP contribution < -0.4 is 10.1 Å². The van der Waals surface area contributed by atoms with Crippen molar-refractivity contribution in [3.05, 3.63) is 72.6 Å². The molecule has 0 atom stereocenters. The molecule has 10 heteroatoms. The number of sulfonamides is 1. The molecule has 1 fully saturated rings. The number of methoxy groups -OCH3 is 1. The standard InChI is InChI=1S/C24H27N3O6S/c1-31-15-16-33-22-8-7-20(18-23(22)34(29,30)27-11-13-32-14-12-27)25-24(28)19-5-4-6-21(17-19)26-9-2-3-10-26/h2-10,17-18H,11-16H2,1H3,(H,25,28). The predicted molar refractivity (Wildman–Crippen MR) is 127 cm³/mol. The van der Waals surface area contributed by atoms with Gasteiger partial charge in [0.15, 0.2) is 0 Å². The number of amides is 1. The van der Waals surface area contributed by atoms with Crippen molar-refractivity contribution >= 4 is 21.6 Å². The first-order valence-corrected chi connectivity index (χ1v) is 12.3. The molecule has 1 saturated heterocycles. The van der Waals surface area contributed by atoms with Gasteiger partial charge in [0.2, 0.25) is 10.0 Å². The summed E-state index contributed by atoms with van der Waals surface area (Å²) in [7, 11) is -2.32. The predicted octanol–water partition coefficient (Wildman–Crippen LogP) is 2.78. The van der Waals surface area contributed by atoms with E-state index in [0.717, 1.165) is 5.69 Å². The van der Waals surface area contributed by atoms with Crippen molar-refractivity contribution in [2.45, 2.75) is 4.90 Å². The molecule has 1 N–H and O–H groups in total. The molecular weight excluding hydrogens is 458 g/mol. The van der Waals surface area contributed by atoms with Gasteiger partial charge in [-0.15, -0.1) is 0 Å². The Labute approximate surface area is 198 Å². The van der Waals surface area contributed by atoms with Gasteiger partial charge in [-0.1, -0.05) is 6.07 Å². The van der Waals surface area contributed by atoms with E-state index < -0.39 is 10.0 Å². The highest BCUT2D eigenvalue weighted by Gasteiger charge is 2.30. The lowest BCUT2D eigenvalue weighted by molar-refractivity contribution is 0.0729. The minimum atomic E-state index is -3.86. The van der Waals surface area contributed by atoms with Gasteiger partial charge in [-0.3, -0.25) is 4.79 Å². The average Bonchev–Trinajstić information content (AvgIpc) is 3.41. The molecule has 0 unspecified atom stereocenters. The summed E-state index contributed by atoms with van der Waals surface area (Å²) in [6, 6.07) is 15.6. The Morgan fingerprint density at radius 2 is 1.79 bits per heavy atom. The number of anilines is 1. The molecule has 1 aliphatic heterocycles. The zero-order chi connectivity index (χ0) is 24.0. The zero-order valence-corrected chi connectivity index (χ0v) is 19.7. The normalized spacial score (nSPS) is 14.6. The quantitative estimate of drug-likeness (QED) is 0.468. The lowest BCUT2D eigenvalue weighted by Gasteiger charge is -2.27. The summed E-state index contributed by atoms with van der Waals surface area (Å²) < 4.78 is 46.0. The number of ether oxygens (including phenoxy) is 3. The number of carbonyl (C=O) groups is 1. The molecule has 34 heavy (non-hydrogen) atoms. The summed E-state index contributed by atoms with van der Waals surface area (Å²) in [6.45, 7) is 1.67. The van der Waals surface area contributed by atoms with Crippen LogP contribution in [0.2, 0.25) is 0 Å². The number of aromatic nitrogens is 1. The number of nitrogens with one attached hydrogen (secondary N) is 1. The smallest absolute Gasteiger partial charge is 0.255 e. The maximum atomic E-state index is 13.4. The van der Waals surface area contributed by atoms with E-state index in [9.17, 15) is 13.2 Å². The third kappa shape index (κ3) is 5.48. The highest BCUT2D eigenvalue weighted by Crippen LogP contribution is 2.31. The average molecular weight is 486 g/mol. The molecule has 4 rings (SSSR count). The van der Waals surface area contributed by atoms with E-state index >= 15 is 0 Å². The van der Waals surface area contributed by atoms with E-state index in [1.807, 2.05) is 35.2 Å². The molecule has 0 saturated carbocycles. The van der Waals surface area contributed by atoms with Crippen molar-refractivity contribution in [3.8, 4) is 11.4 Å². The Morgan fingerprint density at radius 3 is 2.53 bits per heavy atom. The van der Waals surface area contributed by atoms with Gasteiger partial charge in [0.25, 0.3) is 5.91 Å². The van der Waals surface area contributed by atoms with Crippen LogP contribution in [0.25, 0.3) is 5.69 Å². The summed E-state index contributed by atoms with van der Waals surface area (Å²) in [4.78, 5) is 12.9. The molecule has 2 heterocycles. The number of rotatable bonds is 9. The molecule has 1 aliphatic rings. The van der Waals surface area contributed by atoms with Crippen molar-refractivity contribution in [2.24, 2.45) is 0 Å². The minimum absolute atomic E-state index is 0.00982. The van der Waals surface area contributed by atoms with E-state index in [0.29, 0.717) is 31.1 Å². The van der Waals surface area contributed by atoms with Gasteiger partial charge in [0.05, 0.1) is 19.8 Å². The number of hydrogen-bond acceptors (Lipinski definition) is 6. The van der Waals surface area contributed by atoms with Crippen LogP contribution >= 0.6 is 0 Å². The molecule has 180 valence electrons. The summed E-state index contributed by atoms with van der Waals surface area (Å²) in [5, 5.41) is 2.80. The molecule has 9 nitrogen and oxygen atoms in total.